The maximum absolute atomic E-state index is 6.69. The van der Waals surface area contributed by atoms with Crippen LogP contribution in [0, 0.1) is 0 Å². The van der Waals surface area contributed by atoms with Gasteiger partial charge < -0.3 is 0 Å². The van der Waals surface area contributed by atoms with Crippen LogP contribution >= 0.6 is 12.4 Å². The molecule has 8 aromatic carbocycles. The van der Waals surface area contributed by atoms with Gasteiger partial charge >= 0.3 is 0 Å². The van der Waals surface area contributed by atoms with Crippen LogP contribution in [0.25, 0.3) is 23.3 Å². The summed E-state index contributed by atoms with van der Waals surface area (Å²) in [5.41, 5.74) is 9.60. The molecule has 0 aromatic heterocycles. The Balaban J connectivity index is 0.000000196. The lowest BCUT2D eigenvalue weighted by molar-refractivity contribution is 0.513. The summed E-state index contributed by atoms with van der Waals surface area (Å²) < 4.78 is 4.98. The zero-order valence-corrected chi connectivity index (χ0v) is 41.9. The van der Waals surface area contributed by atoms with E-state index in [9.17, 15) is 0 Å². The van der Waals surface area contributed by atoms with E-state index in [1.54, 1.807) is 0 Å². The van der Waals surface area contributed by atoms with E-state index in [2.05, 4.69) is 280 Å². The highest BCUT2D eigenvalue weighted by Gasteiger charge is 2.32. The first-order valence-corrected chi connectivity index (χ1v) is 28.5. The Morgan fingerprint density at radius 3 is 0.909 bits per heavy atom. The summed E-state index contributed by atoms with van der Waals surface area (Å²) in [5, 5.41) is 4.98. The quantitative estimate of drug-likeness (QED) is 0.0703. The lowest BCUT2D eigenvalue weighted by Gasteiger charge is -2.36. The van der Waals surface area contributed by atoms with Crippen molar-refractivity contribution >= 4 is 80.5 Å². The standard InChI is InChI=1S/2C30H30NPS/c2*1-3-31(4-2)32(33,27-20-12-7-13-21-27)30-23-15-14-22-28(30)29(26-18-10-6-11-19-26)24-25-16-8-5-9-17-25/h2*5-24H,3-4H2,1-2H3/b2*29-24+/t2*32-/m10/s1. The smallest absolute Gasteiger partial charge is 0.0715 e. The normalized spacial score (nSPS) is 13.6. The molecule has 0 fully saturated rings. The van der Waals surface area contributed by atoms with Gasteiger partial charge in [0, 0.05) is 47.4 Å². The molecule has 0 aliphatic carbocycles. The van der Waals surface area contributed by atoms with Crippen molar-refractivity contribution in [3.63, 3.8) is 0 Å². The molecule has 0 radical (unpaired) electrons. The van der Waals surface area contributed by atoms with E-state index in [1.807, 2.05) is 0 Å². The van der Waals surface area contributed by atoms with Crippen LogP contribution in [0.1, 0.15) is 61.1 Å². The lowest BCUT2D eigenvalue weighted by Crippen LogP contribution is -2.33. The second kappa shape index (κ2) is 23.8. The first-order valence-electron chi connectivity index (χ1n) is 23.0. The van der Waals surface area contributed by atoms with E-state index in [0.29, 0.717) is 0 Å². The van der Waals surface area contributed by atoms with E-state index in [0.717, 1.165) is 26.2 Å². The highest BCUT2D eigenvalue weighted by Crippen LogP contribution is 2.51. The Bertz CT molecular complexity index is 2690. The molecule has 0 spiro atoms. The number of benzene rings is 8. The summed E-state index contributed by atoms with van der Waals surface area (Å²) in [6.45, 7) is 12.5. The molecule has 8 rings (SSSR count). The second-order valence-corrected chi connectivity index (χ2v) is 24.4. The van der Waals surface area contributed by atoms with Gasteiger partial charge in [-0.05, 0) is 56.7 Å². The van der Waals surface area contributed by atoms with E-state index in [4.69, 9.17) is 23.6 Å². The molecule has 0 aliphatic heterocycles. The highest BCUT2D eigenvalue weighted by atomic mass is 32.4. The third-order valence-corrected chi connectivity index (χ3v) is 22.5. The Labute approximate surface area is 405 Å². The van der Waals surface area contributed by atoms with Gasteiger partial charge in [0.2, 0.25) is 0 Å². The average molecular weight is 935 g/mol. The Morgan fingerprint density at radius 2 is 0.606 bits per heavy atom. The first kappa shape index (κ1) is 48.4. The molecular weight excluding hydrogens is 875 g/mol. The summed E-state index contributed by atoms with van der Waals surface area (Å²) in [6, 6.07) is 81.4. The molecule has 66 heavy (non-hydrogen) atoms. The fourth-order valence-corrected chi connectivity index (χ4v) is 17.9. The largest absolute Gasteiger partial charge is 0.269 e. The Morgan fingerprint density at radius 1 is 0.348 bits per heavy atom. The molecule has 6 heteroatoms. The fraction of sp³-hybridized carbons (Fsp3) is 0.133. The molecule has 0 saturated carbocycles. The maximum atomic E-state index is 6.69. The van der Waals surface area contributed by atoms with E-state index in [1.165, 1.54) is 65.7 Å². The van der Waals surface area contributed by atoms with Crippen molar-refractivity contribution in [3.05, 3.63) is 264 Å². The summed E-state index contributed by atoms with van der Waals surface area (Å²) in [4.78, 5) is 0. The van der Waals surface area contributed by atoms with Crippen LogP contribution in [-0.4, -0.2) is 35.5 Å². The summed E-state index contributed by atoms with van der Waals surface area (Å²) in [7, 11) is 0. The number of nitrogens with zero attached hydrogens (tertiary/aromatic N) is 2. The number of hydrogen-bond donors (Lipinski definition) is 0. The predicted octanol–water partition coefficient (Wildman–Crippen LogP) is 13.9. The maximum Gasteiger partial charge on any atom is 0.0715 e. The van der Waals surface area contributed by atoms with Crippen LogP contribution < -0.4 is 21.2 Å². The van der Waals surface area contributed by atoms with Crippen LogP contribution in [0.5, 0.6) is 0 Å². The zero-order chi connectivity index (χ0) is 46.2. The predicted molar refractivity (Wildman–Crippen MR) is 298 cm³/mol. The molecule has 2 atom stereocenters. The Kier molecular flexibility index (Phi) is 17.4. The minimum atomic E-state index is -2.23. The average Bonchev–Trinajstić information content (AvgIpc) is 3.39. The molecule has 8 aromatic rings. The molecule has 0 N–H and O–H groups in total. The monoisotopic (exact) mass is 934 g/mol. The van der Waals surface area contributed by atoms with E-state index >= 15 is 0 Å². The first-order chi connectivity index (χ1) is 32.4. The minimum absolute atomic E-state index is 0.917. The third kappa shape index (κ3) is 11.0. The Hall–Kier alpha value is -5.54. The van der Waals surface area contributed by atoms with Crippen molar-refractivity contribution < 1.29 is 0 Å². The van der Waals surface area contributed by atoms with Gasteiger partial charge in [-0.15, -0.1) is 0 Å². The van der Waals surface area contributed by atoms with Crippen molar-refractivity contribution in [3.8, 4) is 0 Å². The van der Waals surface area contributed by atoms with Gasteiger partial charge in [-0.2, -0.15) is 0 Å². The van der Waals surface area contributed by atoms with Crippen molar-refractivity contribution in [1.82, 2.24) is 9.34 Å². The van der Waals surface area contributed by atoms with Crippen molar-refractivity contribution in [2.75, 3.05) is 26.2 Å². The minimum Gasteiger partial charge on any atom is -0.269 e. The van der Waals surface area contributed by atoms with Crippen LogP contribution in [0.3, 0.4) is 0 Å². The summed E-state index contributed by atoms with van der Waals surface area (Å²) in [6.07, 6.45) is 0.135. The van der Waals surface area contributed by atoms with Gasteiger partial charge in [0.15, 0.2) is 0 Å². The molecule has 0 bridgehead atoms. The molecule has 0 heterocycles. The van der Waals surface area contributed by atoms with Crippen LogP contribution in [0.2, 0.25) is 0 Å². The molecule has 332 valence electrons. The summed E-state index contributed by atoms with van der Waals surface area (Å²) >= 11 is 13.4. The molecule has 0 saturated heterocycles. The van der Waals surface area contributed by atoms with Gasteiger partial charge in [0.05, 0.1) is 12.4 Å². The van der Waals surface area contributed by atoms with Crippen LogP contribution in [0.15, 0.2) is 231 Å². The molecule has 0 aliphatic rings. The summed E-state index contributed by atoms with van der Waals surface area (Å²) in [5.74, 6) is 0. The SMILES string of the molecule is CCN(CC)[P@@](=S)(c1ccccc1)c1ccccc1/C(=C/c1ccccc1)c1ccccc1.CCN(CC)[P@](=S)(c1ccccc1)c1ccccc1/C(=C/c1ccccc1)c1ccccc1. The second-order valence-electron chi connectivity index (χ2n) is 15.8. The van der Waals surface area contributed by atoms with Crippen molar-refractivity contribution in [2.24, 2.45) is 0 Å². The number of hydrogen-bond acceptors (Lipinski definition) is 2. The molecule has 2 nitrogen and oxygen atoms in total. The van der Waals surface area contributed by atoms with E-state index < -0.39 is 12.4 Å². The lowest BCUT2D eigenvalue weighted by atomic mass is 9.95. The van der Waals surface area contributed by atoms with Gasteiger partial charge in [0.1, 0.15) is 0 Å². The van der Waals surface area contributed by atoms with Gasteiger partial charge in [0.25, 0.3) is 0 Å². The van der Waals surface area contributed by atoms with Gasteiger partial charge in [-0.3, -0.25) is 9.34 Å². The van der Waals surface area contributed by atoms with Gasteiger partial charge in [-0.1, -0.05) is 282 Å². The van der Waals surface area contributed by atoms with Crippen molar-refractivity contribution in [1.29, 1.82) is 0 Å². The number of rotatable bonds is 16. The topological polar surface area (TPSA) is 6.48 Å². The third-order valence-electron chi connectivity index (χ3n) is 11.9. The molecular formula is C60H60N2P2S2. The fourth-order valence-electron chi connectivity index (χ4n) is 8.65. The van der Waals surface area contributed by atoms with Gasteiger partial charge in [-0.25, -0.2) is 0 Å². The molecule has 0 amide bonds. The van der Waals surface area contributed by atoms with Crippen LogP contribution in [0.4, 0.5) is 0 Å². The zero-order valence-electron chi connectivity index (χ0n) is 38.5. The van der Waals surface area contributed by atoms with Crippen molar-refractivity contribution in [2.45, 2.75) is 27.7 Å². The van der Waals surface area contributed by atoms with E-state index in [-0.39, 0.29) is 0 Å². The molecule has 0 unspecified atom stereocenters. The van der Waals surface area contributed by atoms with Crippen LogP contribution in [-0.2, 0) is 23.6 Å². The highest BCUT2D eigenvalue weighted by molar-refractivity contribution is 8.21.